The monoisotopic (exact) mass is 205 g/mol. The van der Waals surface area contributed by atoms with E-state index in [9.17, 15) is 0 Å². The summed E-state index contributed by atoms with van der Waals surface area (Å²) in [5, 5.41) is 0. The van der Waals surface area contributed by atoms with Crippen molar-refractivity contribution in [1.82, 2.24) is 4.98 Å². The third-order valence-electron chi connectivity index (χ3n) is 2.19. The molecule has 15 heavy (non-hydrogen) atoms. The van der Waals surface area contributed by atoms with Crippen LogP contribution in [0.15, 0.2) is 22.6 Å². The lowest BCUT2D eigenvalue weighted by atomic mass is 10.0. The van der Waals surface area contributed by atoms with Crippen molar-refractivity contribution < 1.29 is 4.42 Å². The Morgan fingerprint density at radius 2 is 1.87 bits per heavy atom. The van der Waals surface area contributed by atoms with Gasteiger partial charge in [0.05, 0.1) is 0 Å². The van der Waals surface area contributed by atoms with Gasteiger partial charge in [0.15, 0.2) is 11.5 Å². The third-order valence-corrected chi connectivity index (χ3v) is 2.19. The predicted molar refractivity (Wildman–Crippen MR) is 64.2 cm³/mol. The lowest BCUT2D eigenvalue weighted by Gasteiger charge is -2.02. The lowest BCUT2D eigenvalue weighted by Crippen LogP contribution is -1.85. The first kappa shape index (κ1) is 11.8. The Balaban J connectivity index is 0.000000531. The summed E-state index contributed by atoms with van der Waals surface area (Å²) < 4.78 is 5.45. The van der Waals surface area contributed by atoms with Crippen LogP contribution in [0.5, 0.6) is 0 Å². The minimum Gasteiger partial charge on any atom is -0.441 e. The second kappa shape index (κ2) is 4.96. The van der Waals surface area contributed by atoms with Gasteiger partial charge in [0, 0.05) is 6.92 Å². The van der Waals surface area contributed by atoms with Crippen molar-refractivity contribution in [3.63, 3.8) is 0 Å². The number of aryl methyl sites for hydroxylation is 1. The molecule has 0 spiro atoms. The predicted octanol–water partition coefficient (Wildman–Crippen LogP) is 4.29. The second-order valence-electron chi connectivity index (χ2n) is 3.61. The summed E-state index contributed by atoms with van der Waals surface area (Å²) in [5.74, 6) is 1.27. The van der Waals surface area contributed by atoms with E-state index in [2.05, 4.69) is 31.0 Å². The van der Waals surface area contributed by atoms with E-state index in [1.165, 1.54) is 5.56 Å². The van der Waals surface area contributed by atoms with Gasteiger partial charge in [-0.3, -0.25) is 0 Å². The molecular formula is C13H19NO. The third kappa shape index (κ3) is 2.58. The van der Waals surface area contributed by atoms with Gasteiger partial charge in [-0.1, -0.05) is 33.8 Å². The number of nitrogens with zero attached hydrogens (tertiary/aromatic N) is 1. The molecular weight excluding hydrogens is 186 g/mol. The minimum absolute atomic E-state index is 0.537. The van der Waals surface area contributed by atoms with Crippen molar-refractivity contribution in [3.8, 4) is 0 Å². The van der Waals surface area contributed by atoms with E-state index in [0.717, 1.165) is 17.0 Å². The average Bonchev–Trinajstić information content (AvgIpc) is 2.59. The van der Waals surface area contributed by atoms with Crippen molar-refractivity contribution in [1.29, 1.82) is 0 Å². The van der Waals surface area contributed by atoms with Gasteiger partial charge in [-0.25, -0.2) is 4.98 Å². The van der Waals surface area contributed by atoms with Gasteiger partial charge in [-0.2, -0.15) is 0 Å². The maximum absolute atomic E-state index is 5.45. The zero-order valence-corrected chi connectivity index (χ0v) is 10.2. The van der Waals surface area contributed by atoms with Gasteiger partial charge in [0.2, 0.25) is 0 Å². The van der Waals surface area contributed by atoms with Crippen LogP contribution in [0.2, 0.25) is 0 Å². The molecule has 0 aliphatic rings. The molecule has 0 aliphatic carbocycles. The Labute approximate surface area is 91.3 Å². The Kier molecular flexibility index (Phi) is 3.89. The van der Waals surface area contributed by atoms with Gasteiger partial charge >= 0.3 is 0 Å². The summed E-state index contributed by atoms with van der Waals surface area (Å²) in [6.45, 7) is 10.2. The molecule has 0 unspecified atom stereocenters. The summed E-state index contributed by atoms with van der Waals surface area (Å²) >= 11 is 0. The topological polar surface area (TPSA) is 26.0 Å². The molecule has 0 aliphatic heterocycles. The maximum atomic E-state index is 5.45. The van der Waals surface area contributed by atoms with Crippen molar-refractivity contribution in [2.75, 3.05) is 0 Å². The van der Waals surface area contributed by atoms with Crippen molar-refractivity contribution in [2.45, 2.75) is 40.5 Å². The van der Waals surface area contributed by atoms with Crippen LogP contribution in [0.25, 0.3) is 11.1 Å². The molecule has 0 saturated carbocycles. The van der Waals surface area contributed by atoms with Crippen LogP contribution in [0.1, 0.15) is 45.1 Å². The molecule has 2 aromatic rings. The largest absolute Gasteiger partial charge is 0.441 e. The number of fused-ring (bicyclic) bond motifs is 1. The SMILES string of the molecule is CC.Cc1nc2ccc(C(C)C)cc2o1. The lowest BCUT2D eigenvalue weighted by molar-refractivity contribution is 0.560. The van der Waals surface area contributed by atoms with Crippen molar-refractivity contribution in [2.24, 2.45) is 0 Å². The van der Waals surface area contributed by atoms with Gasteiger partial charge < -0.3 is 4.42 Å². The number of rotatable bonds is 1. The van der Waals surface area contributed by atoms with Gasteiger partial charge in [-0.15, -0.1) is 0 Å². The zero-order chi connectivity index (χ0) is 11.4. The van der Waals surface area contributed by atoms with Crippen LogP contribution >= 0.6 is 0 Å². The summed E-state index contributed by atoms with van der Waals surface area (Å²) in [5.41, 5.74) is 3.13. The summed E-state index contributed by atoms with van der Waals surface area (Å²) in [6, 6.07) is 6.19. The number of benzene rings is 1. The van der Waals surface area contributed by atoms with Crippen LogP contribution in [0.4, 0.5) is 0 Å². The molecule has 0 N–H and O–H groups in total. The molecule has 2 nitrogen and oxygen atoms in total. The summed E-state index contributed by atoms with van der Waals surface area (Å²) in [7, 11) is 0. The number of hydrogen-bond donors (Lipinski definition) is 0. The molecule has 0 amide bonds. The highest BCUT2D eigenvalue weighted by Crippen LogP contribution is 2.21. The molecule has 0 atom stereocenters. The Hall–Kier alpha value is -1.31. The van der Waals surface area contributed by atoms with Crippen LogP contribution in [-0.4, -0.2) is 4.98 Å². The fourth-order valence-electron chi connectivity index (χ4n) is 1.42. The van der Waals surface area contributed by atoms with Gasteiger partial charge in [-0.05, 0) is 23.6 Å². The summed E-state index contributed by atoms with van der Waals surface area (Å²) in [4.78, 5) is 4.25. The van der Waals surface area contributed by atoms with Crippen molar-refractivity contribution in [3.05, 3.63) is 29.7 Å². The highest BCUT2D eigenvalue weighted by atomic mass is 16.3. The van der Waals surface area contributed by atoms with Gasteiger partial charge in [0.25, 0.3) is 0 Å². The van der Waals surface area contributed by atoms with E-state index in [1.54, 1.807) is 0 Å². The number of oxazole rings is 1. The highest BCUT2D eigenvalue weighted by Gasteiger charge is 2.04. The number of aromatic nitrogens is 1. The molecule has 0 saturated heterocycles. The maximum Gasteiger partial charge on any atom is 0.192 e. The van der Waals surface area contributed by atoms with E-state index >= 15 is 0 Å². The normalized spacial score (nSPS) is 10.3. The molecule has 2 heteroatoms. The van der Waals surface area contributed by atoms with E-state index in [-0.39, 0.29) is 0 Å². The fraction of sp³-hybridized carbons (Fsp3) is 0.462. The number of hydrogen-bond acceptors (Lipinski definition) is 2. The van der Waals surface area contributed by atoms with E-state index in [0.29, 0.717) is 5.92 Å². The molecule has 0 radical (unpaired) electrons. The van der Waals surface area contributed by atoms with Crippen LogP contribution in [0.3, 0.4) is 0 Å². The fourth-order valence-corrected chi connectivity index (χ4v) is 1.42. The van der Waals surface area contributed by atoms with Crippen LogP contribution in [0, 0.1) is 6.92 Å². The Morgan fingerprint density at radius 3 is 2.47 bits per heavy atom. The smallest absolute Gasteiger partial charge is 0.192 e. The molecule has 82 valence electrons. The van der Waals surface area contributed by atoms with E-state index < -0.39 is 0 Å². The average molecular weight is 205 g/mol. The molecule has 2 rings (SSSR count). The first-order valence-corrected chi connectivity index (χ1v) is 5.54. The highest BCUT2D eigenvalue weighted by molar-refractivity contribution is 5.73. The standard InChI is InChI=1S/C11H13NO.C2H6/c1-7(2)9-4-5-10-11(6-9)13-8(3)12-10;1-2/h4-7H,1-3H3;1-2H3. The van der Waals surface area contributed by atoms with Crippen molar-refractivity contribution >= 4 is 11.1 Å². The zero-order valence-electron chi connectivity index (χ0n) is 10.2. The quantitative estimate of drug-likeness (QED) is 0.694. The molecule has 1 aromatic carbocycles. The van der Waals surface area contributed by atoms with Crippen LogP contribution < -0.4 is 0 Å². The molecule has 1 heterocycles. The molecule has 0 bridgehead atoms. The minimum atomic E-state index is 0.537. The molecule has 0 fully saturated rings. The second-order valence-corrected chi connectivity index (χ2v) is 3.61. The van der Waals surface area contributed by atoms with Crippen LogP contribution in [-0.2, 0) is 0 Å². The Bertz CT molecular complexity index is 429. The first-order valence-electron chi connectivity index (χ1n) is 5.54. The molecule has 1 aromatic heterocycles. The van der Waals surface area contributed by atoms with Gasteiger partial charge in [0.1, 0.15) is 5.52 Å². The van der Waals surface area contributed by atoms with E-state index in [1.807, 2.05) is 26.8 Å². The summed E-state index contributed by atoms with van der Waals surface area (Å²) in [6.07, 6.45) is 0. The Morgan fingerprint density at radius 1 is 1.20 bits per heavy atom. The van der Waals surface area contributed by atoms with E-state index in [4.69, 9.17) is 4.42 Å². The first-order chi connectivity index (χ1) is 7.16.